The van der Waals surface area contributed by atoms with Gasteiger partial charge in [-0.25, -0.2) is 0 Å². The van der Waals surface area contributed by atoms with Crippen LogP contribution in [0.15, 0.2) is 0 Å². The highest BCUT2D eigenvalue weighted by Crippen LogP contribution is 2.29. The van der Waals surface area contributed by atoms with E-state index in [2.05, 4.69) is 12.2 Å². The zero-order valence-corrected chi connectivity index (χ0v) is 7.71. The SMILES string of the molecule is CC1CCC(O)(NCCO)CC1. The van der Waals surface area contributed by atoms with Gasteiger partial charge in [0, 0.05) is 6.54 Å². The van der Waals surface area contributed by atoms with Gasteiger partial charge in [-0.1, -0.05) is 6.92 Å². The Kier molecular flexibility index (Phi) is 3.50. The van der Waals surface area contributed by atoms with Crippen LogP contribution in [-0.4, -0.2) is 29.1 Å². The first kappa shape index (κ1) is 9.96. The van der Waals surface area contributed by atoms with Crippen LogP contribution in [0.1, 0.15) is 32.6 Å². The summed E-state index contributed by atoms with van der Waals surface area (Å²) >= 11 is 0. The fourth-order valence-corrected chi connectivity index (χ4v) is 1.71. The molecule has 0 aliphatic heterocycles. The molecule has 0 aromatic heterocycles. The lowest BCUT2D eigenvalue weighted by Crippen LogP contribution is -2.48. The van der Waals surface area contributed by atoms with Gasteiger partial charge in [0.15, 0.2) is 0 Å². The molecule has 0 amide bonds. The van der Waals surface area contributed by atoms with Crippen molar-refractivity contribution in [1.29, 1.82) is 0 Å². The monoisotopic (exact) mass is 173 g/mol. The number of hydrogen-bond acceptors (Lipinski definition) is 3. The fourth-order valence-electron chi connectivity index (χ4n) is 1.71. The van der Waals surface area contributed by atoms with Crippen molar-refractivity contribution in [2.75, 3.05) is 13.2 Å². The summed E-state index contributed by atoms with van der Waals surface area (Å²) in [5.74, 6) is 0.737. The Hall–Kier alpha value is -0.120. The van der Waals surface area contributed by atoms with Crippen molar-refractivity contribution >= 4 is 0 Å². The maximum absolute atomic E-state index is 9.90. The molecule has 3 nitrogen and oxygen atoms in total. The molecule has 1 aliphatic carbocycles. The van der Waals surface area contributed by atoms with Crippen LogP contribution in [0.5, 0.6) is 0 Å². The molecule has 0 radical (unpaired) electrons. The Labute approximate surface area is 73.8 Å². The van der Waals surface area contributed by atoms with Crippen molar-refractivity contribution in [2.24, 2.45) is 5.92 Å². The Balaban J connectivity index is 2.29. The summed E-state index contributed by atoms with van der Waals surface area (Å²) in [7, 11) is 0. The molecule has 0 saturated heterocycles. The second-order valence-corrected chi connectivity index (χ2v) is 3.86. The van der Waals surface area contributed by atoms with E-state index in [1.807, 2.05) is 0 Å². The molecule has 0 bridgehead atoms. The Morgan fingerprint density at radius 3 is 2.50 bits per heavy atom. The van der Waals surface area contributed by atoms with Gasteiger partial charge in [0.1, 0.15) is 5.72 Å². The van der Waals surface area contributed by atoms with Crippen molar-refractivity contribution in [2.45, 2.75) is 38.3 Å². The van der Waals surface area contributed by atoms with E-state index in [1.54, 1.807) is 0 Å². The molecule has 1 rings (SSSR count). The molecule has 0 spiro atoms. The molecule has 0 atom stereocenters. The lowest BCUT2D eigenvalue weighted by molar-refractivity contribution is -0.0397. The van der Waals surface area contributed by atoms with E-state index in [4.69, 9.17) is 5.11 Å². The van der Waals surface area contributed by atoms with Gasteiger partial charge in [0.25, 0.3) is 0 Å². The highest BCUT2D eigenvalue weighted by atomic mass is 16.3. The first-order chi connectivity index (χ1) is 5.66. The fraction of sp³-hybridized carbons (Fsp3) is 1.00. The number of nitrogens with one attached hydrogen (secondary N) is 1. The van der Waals surface area contributed by atoms with Crippen LogP contribution < -0.4 is 5.32 Å². The molecule has 3 N–H and O–H groups in total. The zero-order valence-electron chi connectivity index (χ0n) is 7.71. The maximum atomic E-state index is 9.90. The number of rotatable bonds is 3. The van der Waals surface area contributed by atoms with Gasteiger partial charge < -0.3 is 10.2 Å². The molecule has 1 fully saturated rings. The predicted molar refractivity (Wildman–Crippen MR) is 47.7 cm³/mol. The summed E-state index contributed by atoms with van der Waals surface area (Å²) in [6.07, 6.45) is 3.78. The predicted octanol–water partition coefficient (Wildman–Crippen LogP) is 0.467. The third-order valence-electron chi connectivity index (χ3n) is 2.67. The average Bonchev–Trinajstić information content (AvgIpc) is 2.08. The maximum Gasteiger partial charge on any atom is 0.116 e. The average molecular weight is 173 g/mol. The summed E-state index contributed by atoms with van der Waals surface area (Å²) in [5.41, 5.74) is -0.699. The largest absolute Gasteiger partial charge is 0.395 e. The van der Waals surface area contributed by atoms with E-state index in [0.717, 1.165) is 31.6 Å². The molecule has 0 aromatic carbocycles. The highest BCUT2D eigenvalue weighted by molar-refractivity contribution is 4.81. The van der Waals surface area contributed by atoms with Crippen LogP contribution in [0.4, 0.5) is 0 Å². The molecular formula is C9H19NO2. The standard InChI is InChI=1S/C9H19NO2/c1-8-2-4-9(12,5-3-8)10-6-7-11/h8,10-12H,2-7H2,1H3. The van der Waals surface area contributed by atoms with E-state index in [0.29, 0.717) is 6.54 Å². The molecule has 0 heterocycles. The lowest BCUT2D eigenvalue weighted by Gasteiger charge is -2.35. The molecule has 72 valence electrons. The van der Waals surface area contributed by atoms with Crippen molar-refractivity contribution in [3.63, 3.8) is 0 Å². The van der Waals surface area contributed by atoms with Crippen LogP contribution in [-0.2, 0) is 0 Å². The molecule has 1 aliphatic rings. The topological polar surface area (TPSA) is 52.5 Å². The first-order valence-electron chi connectivity index (χ1n) is 4.74. The van der Waals surface area contributed by atoms with Crippen LogP contribution in [0.2, 0.25) is 0 Å². The van der Waals surface area contributed by atoms with Gasteiger partial charge >= 0.3 is 0 Å². The molecule has 0 unspecified atom stereocenters. The Morgan fingerprint density at radius 1 is 1.42 bits per heavy atom. The van der Waals surface area contributed by atoms with Gasteiger partial charge in [-0.15, -0.1) is 0 Å². The number of hydrogen-bond donors (Lipinski definition) is 3. The van der Waals surface area contributed by atoms with Gasteiger partial charge in [-0.05, 0) is 31.6 Å². The smallest absolute Gasteiger partial charge is 0.116 e. The van der Waals surface area contributed by atoms with Gasteiger partial charge in [-0.2, -0.15) is 0 Å². The molecule has 3 heteroatoms. The zero-order chi connectivity index (χ0) is 9.03. The molecule has 0 aromatic rings. The van der Waals surface area contributed by atoms with Gasteiger partial charge in [-0.3, -0.25) is 5.32 Å². The second kappa shape index (κ2) is 4.21. The van der Waals surface area contributed by atoms with Crippen LogP contribution in [0.25, 0.3) is 0 Å². The molecular weight excluding hydrogens is 154 g/mol. The summed E-state index contributed by atoms with van der Waals surface area (Å²) in [5, 5.41) is 21.5. The van der Waals surface area contributed by atoms with E-state index in [1.165, 1.54) is 0 Å². The highest BCUT2D eigenvalue weighted by Gasteiger charge is 2.30. The summed E-state index contributed by atoms with van der Waals surface area (Å²) in [4.78, 5) is 0. The Morgan fingerprint density at radius 2 is 2.00 bits per heavy atom. The van der Waals surface area contributed by atoms with Gasteiger partial charge in [0.2, 0.25) is 0 Å². The summed E-state index contributed by atoms with van der Waals surface area (Å²) in [6.45, 7) is 2.80. The quantitative estimate of drug-likeness (QED) is 0.544. The minimum atomic E-state index is -0.699. The first-order valence-corrected chi connectivity index (χ1v) is 4.74. The lowest BCUT2D eigenvalue weighted by atomic mass is 9.85. The van der Waals surface area contributed by atoms with E-state index in [-0.39, 0.29) is 6.61 Å². The van der Waals surface area contributed by atoms with Gasteiger partial charge in [0.05, 0.1) is 6.61 Å². The third-order valence-corrected chi connectivity index (χ3v) is 2.67. The number of aliphatic hydroxyl groups is 2. The molecule has 12 heavy (non-hydrogen) atoms. The summed E-state index contributed by atoms with van der Waals surface area (Å²) < 4.78 is 0. The van der Waals surface area contributed by atoms with Crippen molar-refractivity contribution in [3.8, 4) is 0 Å². The van der Waals surface area contributed by atoms with Crippen molar-refractivity contribution in [3.05, 3.63) is 0 Å². The van der Waals surface area contributed by atoms with Crippen LogP contribution >= 0.6 is 0 Å². The van der Waals surface area contributed by atoms with E-state index in [9.17, 15) is 5.11 Å². The van der Waals surface area contributed by atoms with Crippen LogP contribution in [0, 0.1) is 5.92 Å². The van der Waals surface area contributed by atoms with Crippen molar-refractivity contribution in [1.82, 2.24) is 5.32 Å². The van der Waals surface area contributed by atoms with Crippen LogP contribution in [0.3, 0.4) is 0 Å². The minimum absolute atomic E-state index is 0.0951. The third kappa shape index (κ3) is 2.73. The molecule has 1 saturated carbocycles. The number of aliphatic hydroxyl groups excluding tert-OH is 1. The van der Waals surface area contributed by atoms with E-state index < -0.39 is 5.72 Å². The normalized spacial score (nSPS) is 36.8. The summed E-state index contributed by atoms with van der Waals surface area (Å²) in [6, 6.07) is 0. The second-order valence-electron chi connectivity index (χ2n) is 3.86. The Bertz CT molecular complexity index is 125. The van der Waals surface area contributed by atoms with Crippen molar-refractivity contribution < 1.29 is 10.2 Å². The minimum Gasteiger partial charge on any atom is -0.395 e. The van der Waals surface area contributed by atoms with E-state index >= 15 is 0 Å².